The van der Waals surface area contributed by atoms with Gasteiger partial charge in [0.05, 0.1) is 5.69 Å². The molecule has 2 nitrogen and oxygen atoms in total. The maximum atomic E-state index is 5.81. The Morgan fingerprint density at radius 3 is 1.94 bits per heavy atom. The minimum Gasteiger partial charge on any atom is -0.436 e. The average Bonchev–Trinajstić information content (AvgIpc) is 2.83. The number of benzene rings is 2. The highest BCUT2D eigenvalue weighted by atomic mass is 16.4. The van der Waals surface area contributed by atoms with Gasteiger partial charge in [0, 0.05) is 11.1 Å². The monoisotopic (exact) mass is 234 g/mol. The van der Waals surface area contributed by atoms with Crippen LogP contribution in [0, 0.1) is 6.92 Å². The standard InChI is InChI=1S/C16H12NO/c1-12-15(13-8-4-2-5-9-13)18-16(17-12)14-10-6-3-7-11-14/h2-11H,1H2. The summed E-state index contributed by atoms with van der Waals surface area (Å²) in [5, 5.41) is 0. The number of hydrogen-bond donors (Lipinski definition) is 0. The molecule has 2 aromatic carbocycles. The van der Waals surface area contributed by atoms with Gasteiger partial charge in [0.15, 0.2) is 5.76 Å². The van der Waals surface area contributed by atoms with Crippen LogP contribution in [0.1, 0.15) is 5.69 Å². The lowest BCUT2D eigenvalue weighted by molar-refractivity contribution is 0.588. The molecule has 0 atom stereocenters. The van der Waals surface area contributed by atoms with Gasteiger partial charge in [-0.3, -0.25) is 0 Å². The van der Waals surface area contributed by atoms with Crippen LogP contribution in [0.4, 0.5) is 0 Å². The van der Waals surface area contributed by atoms with Gasteiger partial charge in [0.2, 0.25) is 5.89 Å². The van der Waals surface area contributed by atoms with E-state index in [0.717, 1.165) is 16.9 Å². The number of nitrogens with zero attached hydrogens (tertiary/aromatic N) is 1. The fourth-order valence-corrected chi connectivity index (χ4v) is 1.87. The first-order valence-electron chi connectivity index (χ1n) is 5.78. The summed E-state index contributed by atoms with van der Waals surface area (Å²) < 4.78 is 5.81. The Morgan fingerprint density at radius 1 is 0.778 bits per heavy atom. The molecule has 0 amide bonds. The Hall–Kier alpha value is -2.35. The van der Waals surface area contributed by atoms with E-state index in [9.17, 15) is 0 Å². The van der Waals surface area contributed by atoms with E-state index in [1.807, 2.05) is 60.7 Å². The summed E-state index contributed by atoms with van der Waals surface area (Å²) in [6.07, 6.45) is 0. The quantitative estimate of drug-likeness (QED) is 0.664. The van der Waals surface area contributed by atoms with Gasteiger partial charge in [-0.15, -0.1) is 0 Å². The van der Waals surface area contributed by atoms with Gasteiger partial charge in [0.25, 0.3) is 0 Å². The lowest BCUT2D eigenvalue weighted by atomic mass is 10.1. The summed E-state index contributed by atoms with van der Waals surface area (Å²) in [6, 6.07) is 19.7. The Labute approximate surface area is 106 Å². The SMILES string of the molecule is [CH2]c1nc(-c2ccccc2)oc1-c1ccccc1. The Morgan fingerprint density at radius 2 is 1.33 bits per heavy atom. The molecule has 18 heavy (non-hydrogen) atoms. The molecule has 0 N–H and O–H groups in total. The molecule has 0 spiro atoms. The van der Waals surface area contributed by atoms with Gasteiger partial charge in [-0.1, -0.05) is 48.5 Å². The van der Waals surface area contributed by atoms with Crippen molar-refractivity contribution in [3.8, 4) is 22.8 Å². The molecule has 0 saturated carbocycles. The minimum absolute atomic E-state index is 0.611. The zero-order valence-corrected chi connectivity index (χ0v) is 9.84. The van der Waals surface area contributed by atoms with Gasteiger partial charge in [-0.05, 0) is 19.1 Å². The van der Waals surface area contributed by atoms with Crippen molar-refractivity contribution in [2.24, 2.45) is 0 Å². The molecule has 0 aliphatic carbocycles. The van der Waals surface area contributed by atoms with Crippen molar-refractivity contribution in [1.29, 1.82) is 0 Å². The molecule has 0 aliphatic heterocycles. The molecule has 87 valence electrons. The van der Waals surface area contributed by atoms with Crippen molar-refractivity contribution in [3.63, 3.8) is 0 Å². The topological polar surface area (TPSA) is 26.0 Å². The number of rotatable bonds is 2. The second-order valence-corrected chi connectivity index (χ2v) is 4.03. The van der Waals surface area contributed by atoms with Gasteiger partial charge in [0.1, 0.15) is 0 Å². The Balaban J connectivity index is 2.07. The first-order chi connectivity index (χ1) is 8.84. The van der Waals surface area contributed by atoms with Gasteiger partial charge in [-0.25, -0.2) is 4.98 Å². The van der Waals surface area contributed by atoms with Gasteiger partial charge < -0.3 is 4.42 Å². The van der Waals surface area contributed by atoms with Crippen molar-refractivity contribution >= 4 is 0 Å². The molecule has 0 saturated heterocycles. The van der Waals surface area contributed by atoms with Crippen LogP contribution in [-0.2, 0) is 0 Å². The lowest BCUT2D eigenvalue weighted by Crippen LogP contribution is -1.77. The summed E-state index contributed by atoms with van der Waals surface area (Å²) in [5.74, 6) is 1.34. The maximum Gasteiger partial charge on any atom is 0.227 e. The third kappa shape index (κ3) is 1.93. The molecule has 3 rings (SSSR count). The molecular formula is C16H12NO. The van der Waals surface area contributed by atoms with Crippen molar-refractivity contribution in [3.05, 3.63) is 73.3 Å². The Kier molecular flexibility index (Phi) is 2.69. The maximum absolute atomic E-state index is 5.81. The summed E-state index contributed by atoms with van der Waals surface area (Å²) in [6.45, 7) is 3.94. The summed E-state index contributed by atoms with van der Waals surface area (Å²) in [5.41, 5.74) is 2.63. The van der Waals surface area contributed by atoms with Crippen LogP contribution in [0.5, 0.6) is 0 Å². The van der Waals surface area contributed by atoms with Crippen LogP contribution >= 0.6 is 0 Å². The van der Waals surface area contributed by atoms with Crippen LogP contribution in [0.25, 0.3) is 22.8 Å². The molecule has 2 heteroatoms. The van der Waals surface area contributed by atoms with Crippen molar-refractivity contribution < 1.29 is 4.42 Å². The third-order valence-corrected chi connectivity index (χ3v) is 2.75. The van der Waals surface area contributed by atoms with Crippen LogP contribution in [0.2, 0.25) is 0 Å². The summed E-state index contributed by atoms with van der Waals surface area (Å²) in [7, 11) is 0. The highest BCUT2D eigenvalue weighted by molar-refractivity contribution is 5.64. The predicted octanol–water partition coefficient (Wildman–Crippen LogP) is 4.19. The second-order valence-electron chi connectivity index (χ2n) is 4.03. The van der Waals surface area contributed by atoms with Crippen molar-refractivity contribution in [1.82, 2.24) is 4.98 Å². The van der Waals surface area contributed by atoms with E-state index in [0.29, 0.717) is 11.6 Å². The first kappa shape index (κ1) is 10.8. The van der Waals surface area contributed by atoms with Crippen LogP contribution < -0.4 is 0 Å². The van der Waals surface area contributed by atoms with Crippen LogP contribution in [-0.4, -0.2) is 4.98 Å². The van der Waals surface area contributed by atoms with Crippen LogP contribution in [0.15, 0.2) is 65.1 Å². The van der Waals surface area contributed by atoms with E-state index in [-0.39, 0.29) is 0 Å². The molecule has 1 heterocycles. The molecule has 1 radical (unpaired) electrons. The van der Waals surface area contributed by atoms with Gasteiger partial charge >= 0.3 is 0 Å². The second kappa shape index (κ2) is 4.49. The molecule has 0 fully saturated rings. The fraction of sp³-hybridized carbons (Fsp3) is 0. The number of aromatic nitrogens is 1. The van der Waals surface area contributed by atoms with E-state index in [1.165, 1.54) is 0 Å². The van der Waals surface area contributed by atoms with E-state index in [4.69, 9.17) is 4.42 Å². The molecule has 0 unspecified atom stereocenters. The van der Waals surface area contributed by atoms with Crippen molar-refractivity contribution in [2.45, 2.75) is 0 Å². The molecule has 0 aliphatic rings. The zero-order chi connectivity index (χ0) is 12.4. The van der Waals surface area contributed by atoms with Crippen LogP contribution in [0.3, 0.4) is 0 Å². The zero-order valence-electron chi connectivity index (χ0n) is 9.84. The lowest BCUT2D eigenvalue weighted by Gasteiger charge is -1.96. The largest absolute Gasteiger partial charge is 0.436 e. The number of oxazole rings is 1. The molecule has 3 aromatic rings. The molecule has 0 bridgehead atoms. The van der Waals surface area contributed by atoms with E-state index < -0.39 is 0 Å². The fourth-order valence-electron chi connectivity index (χ4n) is 1.87. The number of hydrogen-bond acceptors (Lipinski definition) is 2. The summed E-state index contributed by atoms with van der Waals surface area (Å²) in [4.78, 5) is 4.38. The van der Waals surface area contributed by atoms with E-state index in [1.54, 1.807) is 0 Å². The van der Waals surface area contributed by atoms with Gasteiger partial charge in [-0.2, -0.15) is 0 Å². The summed E-state index contributed by atoms with van der Waals surface area (Å²) >= 11 is 0. The smallest absolute Gasteiger partial charge is 0.227 e. The normalized spacial score (nSPS) is 10.5. The Bertz CT molecular complexity index is 641. The van der Waals surface area contributed by atoms with E-state index >= 15 is 0 Å². The third-order valence-electron chi connectivity index (χ3n) is 2.75. The average molecular weight is 234 g/mol. The minimum atomic E-state index is 0.611. The first-order valence-corrected chi connectivity index (χ1v) is 5.78. The molecular weight excluding hydrogens is 222 g/mol. The highest BCUT2D eigenvalue weighted by Crippen LogP contribution is 2.28. The molecule has 1 aromatic heterocycles. The highest BCUT2D eigenvalue weighted by Gasteiger charge is 2.12. The predicted molar refractivity (Wildman–Crippen MR) is 71.8 cm³/mol. The van der Waals surface area contributed by atoms with E-state index in [2.05, 4.69) is 11.9 Å². The van der Waals surface area contributed by atoms with Crippen molar-refractivity contribution in [2.75, 3.05) is 0 Å².